The quantitative estimate of drug-likeness (QED) is 0.450. The van der Waals surface area contributed by atoms with Crippen LogP contribution in [0.4, 0.5) is 0 Å². The third kappa shape index (κ3) is 3.65. The number of likely N-dealkylation sites (tertiary alicyclic amines) is 1. The molecule has 1 fully saturated rings. The van der Waals surface area contributed by atoms with Crippen molar-refractivity contribution in [3.63, 3.8) is 0 Å². The maximum absolute atomic E-state index is 12.9. The van der Waals surface area contributed by atoms with Crippen LogP contribution in [0.15, 0.2) is 83.7 Å². The van der Waals surface area contributed by atoms with Crippen molar-refractivity contribution in [3.05, 3.63) is 106 Å². The lowest BCUT2D eigenvalue weighted by Gasteiger charge is -2.43. The van der Waals surface area contributed by atoms with Gasteiger partial charge in [-0.1, -0.05) is 48.5 Å². The van der Waals surface area contributed by atoms with Gasteiger partial charge in [0.15, 0.2) is 0 Å². The second-order valence-corrected chi connectivity index (χ2v) is 9.45. The van der Waals surface area contributed by atoms with Crippen LogP contribution in [0.1, 0.15) is 29.2 Å². The predicted octanol–water partition coefficient (Wildman–Crippen LogP) is 5.16. The van der Waals surface area contributed by atoms with Crippen molar-refractivity contribution < 1.29 is 0 Å². The number of nitrogens with zero attached hydrogens (tertiary/aromatic N) is 3. The molecular formula is C29H25N3O. The summed E-state index contributed by atoms with van der Waals surface area (Å²) in [5.41, 5.74) is 5.53. The van der Waals surface area contributed by atoms with Crippen LogP contribution >= 0.6 is 0 Å². The lowest BCUT2D eigenvalue weighted by atomic mass is 9.80. The molecule has 1 aromatic heterocycles. The van der Waals surface area contributed by atoms with Crippen molar-refractivity contribution in [3.8, 4) is 17.2 Å². The highest BCUT2D eigenvalue weighted by Gasteiger charge is 2.36. The van der Waals surface area contributed by atoms with Gasteiger partial charge in [0.1, 0.15) is 0 Å². The van der Waals surface area contributed by atoms with Crippen molar-refractivity contribution in [2.24, 2.45) is 5.92 Å². The summed E-state index contributed by atoms with van der Waals surface area (Å²) in [5.74, 6) is 0.798. The van der Waals surface area contributed by atoms with E-state index in [-0.39, 0.29) is 5.56 Å². The van der Waals surface area contributed by atoms with Crippen molar-refractivity contribution in [1.29, 1.82) is 5.26 Å². The first kappa shape index (κ1) is 20.0. The molecular weight excluding hydrogens is 406 g/mol. The fourth-order valence-corrected chi connectivity index (χ4v) is 5.84. The predicted molar refractivity (Wildman–Crippen MR) is 131 cm³/mol. The number of fused-ring (bicyclic) bond motifs is 5. The smallest absolute Gasteiger partial charge is 0.250 e. The van der Waals surface area contributed by atoms with Gasteiger partial charge in [-0.25, -0.2) is 0 Å². The van der Waals surface area contributed by atoms with Gasteiger partial charge in [0.25, 0.3) is 5.56 Å². The maximum atomic E-state index is 12.9. The third-order valence-corrected chi connectivity index (χ3v) is 7.19. The summed E-state index contributed by atoms with van der Waals surface area (Å²) >= 11 is 0. The van der Waals surface area contributed by atoms with E-state index in [1.807, 2.05) is 28.8 Å². The first-order chi connectivity index (χ1) is 16.2. The van der Waals surface area contributed by atoms with E-state index in [9.17, 15) is 10.1 Å². The minimum atomic E-state index is 0.111. The molecule has 0 saturated carbocycles. The van der Waals surface area contributed by atoms with E-state index in [2.05, 4.69) is 59.5 Å². The molecule has 0 N–H and O–H groups in total. The molecule has 2 aliphatic rings. The molecule has 4 aromatic rings. The van der Waals surface area contributed by atoms with E-state index in [1.165, 1.54) is 33.2 Å². The van der Waals surface area contributed by atoms with Gasteiger partial charge in [-0.3, -0.25) is 9.69 Å². The number of rotatable bonds is 3. The Labute approximate surface area is 193 Å². The highest BCUT2D eigenvalue weighted by atomic mass is 16.1. The van der Waals surface area contributed by atoms with Crippen LogP contribution in [0, 0.1) is 17.2 Å². The van der Waals surface area contributed by atoms with E-state index in [1.54, 1.807) is 6.07 Å². The number of nitriles is 1. The summed E-state index contributed by atoms with van der Waals surface area (Å²) < 4.78 is 2.04. The number of piperidine rings is 1. The van der Waals surface area contributed by atoms with Gasteiger partial charge in [0, 0.05) is 49.4 Å². The minimum absolute atomic E-state index is 0.111. The summed E-state index contributed by atoms with van der Waals surface area (Å²) in [6, 6.07) is 28.9. The average molecular weight is 432 g/mol. The van der Waals surface area contributed by atoms with E-state index >= 15 is 0 Å². The molecule has 1 saturated heterocycles. The Morgan fingerprint density at radius 3 is 2.64 bits per heavy atom. The normalized spacial score (nSPS) is 19.7. The maximum Gasteiger partial charge on any atom is 0.250 e. The average Bonchev–Trinajstić information content (AvgIpc) is 2.84. The van der Waals surface area contributed by atoms with Gasteiger partial charge in [0.2, 0.25) is 0 Å². The van der Waals surface area contributed by atoms with E-state index in [0.717, 1.165) is 32.6 Å². The summed E-state index contributed by atoms with van der Waals surface area (Å²) in [7, 11) is 0. The van der Waals surface area contributed by atoms with Crippen LogP contribution in [-0.2, 0) is 13.1 Å². The van der Waals surface area contributed by atoms with E-state index < -0.39 is 0 Å². The highest BCUT2D eigenvalue weighted by Crippen LogP contribution is 2.40. The van der Waals surface area contributed by atoms with Crippen LogP contribution in [0.3, 0.4) is 0 Å². The van der Waals surface area contributed by atoms with Gasteiger partial charge < -0.3 is 4.57 Å². The zero-order valence-corrected chi connectivity index (χ0v) is 18.4. The van der Waals surface area contributed by atoms with Gasteiger partial charge in [0.05, 0.1) is 11.6 Å². The Kier molecular flexibility index (Phi) is 4.86. The Morgan fingerprint density at radius 2 is 1.76 bits per heavy atom. The molecule has 162 valence electrons. The third-order valence-electron chi connectivity index (χ3n) is 7.19. The molecule has 2 atom stereocenters. The lowest BCUT2D eigenvalue weighted by Crippen LogP contribution is -2.47. The highest BCUT2D eigenvalue weighted by molar-refractivity contribution is 5.87. The van der Waals surface area contributed by atoms with Gasteiger partial charge >= 0.3 is 0 Å². The fourth-order valence-electron chi connectivity index (χ4n) is 5.84. The monoisotopic (exact) mass is 431 g/mol. The molecule has 0 radical (unpaired) electrons. The number of hydrogen-bond acceptors (Lipinski definition) is 3. The first-order valence-corrected chi connectivity index (χ1v) is 11.6. The molecule has 4 heteroatoms. The summed E-state index contributed by atoms with van der Waals surface area (Å²) in [4.78, 5) is 15.4. The minimum Gasteiger partial charge on any atom is -0.311 e. The molecule has 2 bridgehead atoms. The van der Waals surface area contributed by atoms with Crippen LogP contribution in [-0.4, -0.2) is 22.6 Å². The number of pyridine rings is 1. The zero-order valence-electron chi connectivity index (χ0n) is 18.4. The standard InChI is InChI=1S/C29H25N3O/c30-15-20-4-3-5-21(12-20)16-31-17-22-13-26(19-31)29-27(10-11-28(33)32(29)18-22)25-9-8-23-6-1-2-7-24(23)14-25/h1-12,14,22,26H,13,16-19H2/t22-,26-/m0/s1. The molecule has 6 rings (SSSR count). The number of aromatic nitrogens is 1. The molecule has 0 aliphatic carbocycles. The van der Waals surface area contributed by atoms with Crippen molar-refractivity contribution in [2.75, 3.05) is 13.1 Å². The van der Waals surface area contributed by atoms with Crippen LogP contribution in [0.2, 0.25) is 0 Å². The first-order valence-electron chi connectivity index (χ1n) is 11.6. The zero-order chi connectivity index (χ0) is 22.4. The largest absolute Gasteiger partial charge is 0.311 e. The molecule has 3 aromatic carbocycles. The Balaban J connectivity index is 1.37. The number of hydrogen-bond donors (Lipinski definition) is 0. The molecule has 33 heavy (non-hydrogen) atoms. The molecule has 2 aliphatic heterocycles. The van der Waals surface area contributed by atoms with Gasteiger partial charge in [-0.2, -0.15) is 5.26 Å². The van der Waals surface area contributed by atoms with E-state index in [4.69, 9.17) is 0 Å². The summed E-state index contributed by atoms with van der Waals surface area (Å²) in [5, 5.41) is 11.7. The van der Waals surface area contributed by atoms with Crippen LogP contribution in [0.25, 0.3) is 21.9 Å². The molecule has 0 spiro atoms. The van der Waals surface area contributed by atoms with Crippen molar-refractivity contribution in [1.82, 2.24) is 9.47 Å². The molecule has 3 heterocycles. The molecule has 4 nitrogen and oxygen atoms in total. The van der Waals surface area contributed by atoms with Crippen LogP contribution in [0.5, 0.6) is 0 Å². The number of benzene rings is 3. The Bertz CT molecular complexity index is 1460. The second kappa shape index (κ2) is 8.03. The Hall–Kier alpha value is -3.68. The van der Waals surface area contributed by atoms with Crippen molar-refractivity contribution in [2.45, 2.75) is 25.4 Å². The summed E-state index contributed by atoms with van der Waals surface area (Å²) in [6.07, 6.45) is 1.12. The van der Waals surface area contributed by atoms with E-state index in [0.29, 0.717) is 17.4 Å². The lowest BCUT2D eigenvalue weighted by molar-refractivity contribution is 0.115. The van der Waals surface area contributed by atoms with Crippen LogP contribution < -0.4 is 5.56 Å². The Morgan fingerprint density at radius 1 is 0.879 bits per heavy atom. The van der Waals surface area contributed by atoms with Crippen molar-refractivity contribution >= 4 is 10.8 Å². The topological polar surface area (TPSA) is 49.0 Å². The SMILES string of the molecule is N#Cc1cccc(CN2C[C@@H]3C[C@@H](C2)c2c(-c4ccc5ccccc5c4)ccc(=O)n2C3)c1. The fraction of sp³-hybridized carbons (Fsp3) is 0.241. The second-order valence-electron chi connectivity index (χ2n) is 9.45. The molecule has 0 unspecified atom stereocenters. The van der Waals surface area contributed by atoms with Gasteiger partial charge in [-0.05, 0) is 58.5 Å². The van der Waals surface area contributed by atoms with Gasteiger partial charge in [-0.15, -0.1) is 0 Å². The summed E-state index contributed by atoms with van der Waals surface area (Å²) in [6.45, 7) is 3.53. The molecule has 0 amide bonds.